The Bertz CT molecular complexity index is 723. The topological polar surface area (TPSA) is 48.0 Å². The van der Waals surface area contributed by atoms with Gasteiger partial charge >= 0.3 is 0 Å². The first-order valence-electron chi connectivity index (χ1n) is 9.50. The van der Waals surface area contributed by atoms with E-state index in [0.717, 1.165) is 29.7 Å². The first-order chi connectivity index (χ1) is 12.7. The van der Waals surface area contributed by atoms with E-state index < -0.39 is 0 Å². The lowest BCUT2D eigenvalue weighted by Gasteiger charge is -2.27. The van der Waals surface area contributed by atoms with Gasteiger partial charge in [0, 0.05) is 12.0 Å². The summed E-state index contributed by atoms with van der Waals surface area (Å²) in [4.78, 5) is 14.5. The number of fused-ring (bicyclic) bond motifs is 3. The average Bonchev–Trinajstić information content (AvgIpc) is 3.05. The predicted octanol–water partition coefficient (Wildman–Crippen LogP) is 4.53. The Morgan fingerprint density at radius 2 is 1.77 bits per heavy atom. The minimum Gasteiger partial charge on any atom is -0.493 e. The van der Waals surface area contributed by atoms with E-state index in [1.807, 2.05) is 11.0 Å². The molecule has 5 heteroatoms. The fraction of sp³-hybridized carbons (Fsp3) is 0.571. The number of carbonyl (C=O) groups is 1. The van der Waals surface area contributed by atoms with Crippen molar-refractivity contribution in [1.82, 2.24) is 4.90 Å². The molecule has 26 heavy (non-hydrogen) atoms. The number of carbonyl (C=O) groups excluding carboxylic acids is 1. The van der Waals surface area contributed by atoms with E-state index in [4.69, 9.17) is 14.2 Å². The molecule has 1 aromatic carbocycles. The smallest absolute Gasteiger partial charge is 0.227 e. The maximum absolute atomic E-state index is 12.6. The summed E-state index contributed by atoms with van der Waals surface area (Å²) < 4.78 is 16.8. The molecule has 0 aromatic heterocycles. The molecule has 2 aliphatic heterocycles. The lowest BCUT2D eigenvalue weighted by atomic mass is 9.93. The summed E-state index contributed by atoms with van der Waals surface area (Å²) in [6.45, 7) is 2.80. The summed E-state index contributed by atoms with van der Waals surface area (Å²) in [6.07, 6.45) is 7.36. The van der Waals surface area contributed by atoms with Gasteiger partial charge < -0.3 is 19.1 Å². The van der Waals surface area contributed by atoms with Crippen LogP contribution in [0.4, 0.5) is 0 Å². The third-order valence-corrected chi connectivity index (χ3v) is 5.36. The standard InChI is InChI=1S/C21H29NO4/c1-5-6-7-8-9-14-10-11-17(23)22-13-15-12-16(24-2)20(25-3)21(26-4)18(15)19(14)22/h12H,5-11,13H2,1-4H3. The van der Waals surface area contributed by atoms with Crippen LogP contribution in [-0.2, 0) is 11.3 Å². The SMILES string of the molecule is CCCCCCC1=C2c3c(cc(OC)c(OC)c3OC)CN2C(=O)CC1. The van der Waals surface area contributed by atoms with Crippen molar-refractivity contribution >= 4 is 11.6 Å². The van der Waals surface area contributed by atoms with Crippen molar-refractivity contribution in [2.45, 2.75) is 58.4 Å². The number of hydrogen-bond acceptors (Lipinski definition) is 4. The fourth-order valence-corrected chi connectivity index (χ4v) is 4.08. The van der Waals surface area contributed by atoms with Crippen molar-refractivity contribution in [3.8, 4) is 17.2 Å². The highest BCUT2D eigenvalue weighted by atomic mass is 16.5. The van der Waals surface area contributed by atoms with Gasteiger partial charge in [-0.3, -0.25) is 4.79 Å². The normalized spacial score (nSPS) is 15.8. The van der Waals surface area contributed by atoms with Crippen LogP contribution in [0, 0.1) is 0 Å². The molecule has 0 N–H and O–H groups in total. The van der Waals surface area contributed by atoms with Gasteiger partial charge in [0.25, 0.3) is 0 Å². The molecule has 0 fully saturated rings. The van der Waals surface area contributed by atoms with Crippen LogP contribution in [0.3, 0.4) is 0 Å². The molecule has 142 valence electrons. The number of amides is 1. The van der Waals surface area contributed by atoms with E-state index in [-0.39, 0.29) is 5.91 Å². The summed E-state index contributed by atoms with van der Waals surface area (Å²) in [6, 6.07) is 1.98. The Kier molecular flexibility index (Phi) is 5.74. The number of benzene rings is 1. The molecule has 0 radical (unpaired) electrons. The molecule has 2 heterocycles. The number of rotatable bonds is 8. The molecule has 2 aliphatic rings. The van der Waals surface area contributed by atoms with E-state index in [2.05, 4.69) is 6.92 Å². The van der Waals surface area contributed by atoms with Crippen LogP contribution < -0.4 is 14.2 Å². The second kappa shape index (κ2) is 8.02. The van der Waals surface area contributed by atoms with Crippen LogP contribution >= 0.6 is 0 Å². The third kappa shape index (κ3) is 3.15. The first kappa shape index (κ1) is 18.6. The molecule has 0 bridgehead atoms. The first-order valence-corrected chi connectivity index (χ1v) is 9.50. The zero-order valence-corrected chi connectivity index (χ0v) is 16.3. The quantitative estimate of drug-likeness (QED) is 0.640. The predicted molar refractivity (Wildman–Crippen MR) is 102 cm³/mol. The van der Waals surface area contributed by atoms with Gasteiger partial charge in [0.15, 0.2) is 11.5 Å². The number of nitrogens with zero attached hydrogens (tertiary/aromatic N) is 1. The minimum atomic E-state index is 0.188. The average molecular weight is 359 g/mol. The lowest BCUT2D eigenvalue weighted by molar-refractivity contribution is -0.128. The fourth-order valence-electron chi connectivity index (χ4n) is 4.08. The monoisotopic (exact) mass is 359 g/mol. The van der Waals surface area contributed by atoms with Gasteiger partial charge in [-0.15, -0.1) is 0 Å². The molecule has 0 saturated carbocycles. The number of unbranched alkanes of at least 4 members (excludes halogenated alkanes) is 3. The lowest BCUT2D eigenvalue weighted by Crippen LogP contribution is -2.28. The largest absolute Gasteiger partial charge is 0.493 e. The Labute approximate surface area is 155 Å². The van der Waals surface area contributed by atoms with Gasteiger partial charge in [-0.2, -0.15) is 0 Å². The highest BCUT2D eigenvalue weighted by Gasteiger charge is 2.38. The molecule has 1 aromatic rings. The highest BCUT2D eigenvalue weighted by molar-refractivity contribution is 5.95. The molecule has 0 aliphatic carbocycles. The van der Waals surface area contributed by atoms with Crippen molar-refractivity contribution in [2.75, 3.05) is 21.3 Å². The van der Waals surface area contributed by atoms with Crippen molar-refractivity contribution in [3.63, 3.8) is 0 Å². The van der Waals surface area contributed by atoms with Crippen LogP contribution in [0.2, 0.25) is 0 Å². The number of hydrogen-bond donors (Lipinski definition) is 0. The van der Waals surface area contributed by atoms with Crippen molar-refractivity contribution in [3.05, 3.63) is 22.8 Å². The molecule has 0 atom stereocenters. The van der Waals surface area contributed by atoms with Crippen LogP contribution in [0.15, 0.2) is 11.6 Å². The Hall–Kier alpha value is -2.17. The zero-order chi connectivity index (χ0) is 18.7. The van der Waals surface area contributed by atoms with Crippen molar-refractivity contribution < 1.29 is 19.0 Å². The van der Waals surface area contributed by atoms with E-state index in [1.54, 1.807) is 21.3 Å². The van der Waals surface area contributed by atoms with Gasteiger partial charge in [0.2, 0.25) is 11.7 Å². The summed E-state index contributed by atoms with van der Waals surface area (Å²) in [5, 5.41) is 0. The zero-order valence-electron chi connectivity index (χ0n) is 16.3. The van der Waals surface area contributed by atoms with E-state index in [1.165, 1.54) is 31.3 Å². The summed E-state index contributed by atoms with van der Waals surface area (Å²) in [7, 11) is 4.88. The third-order valence-electron chi connectivity index (χ3n) is 5.36. The van der Waals surface area contributed by atoms with Crippen LogP contribution in [-0.4, -0.2) is 32.1 Å². The van der Waals surface area contributed by atoms with Gasteiger partial charge in [0.1, 0.15) is 0 Å². The van der Waals surface area contributed by atoms with Crippen LogP contribution in [0.5, 0.6) is 17.2 Å². The molecule has 3 rings (SSSR count). The minimum absolute atomic E-state index is 0.188. The highest BCUT2D eigenvalue weighted by Crippen LogP contribution is 2.51. The molecule has 0 spiro atoms. The molecule has 1 amide bonds. The van der Waals surface area contributed by atoms with Crippen molar-refractivity contribution in [2.24, 2.45) is 0 Å². The van der Waals surface area contributed by atoms with Crippen molar-refractivity contribution in [1.29, 1.82) is 0 Å². The maximum Gasteiger partial charge on any atom is 0.227 e. The number of methoxy groups -OCH3 is 3. The summed E-state index contributed by atoms with van der Waals surface area (Å²) in [5.74, 6) is 2.08. The number of allylic oxidation sites excluding steroid dienone is 1. The molecular weight excluding hydrogens is 330 g/mol. The number of ether oxygens (including phenoxy) is 3. The summed E-state index contributed by atoms with van der Waals surface area (Å²) in [5.41, 5.74) is 4.48. The Balaban J connectivity index is 2.08. The second-order valence-electron chi connectivity index (χ2n) is 6.92. The van der Waals surface area contributed by atoms with Gasteiger partial charge in [-0.1, -0.05) is 26.2 Å². The Morgan fingerprint density at radius 3 is 2.42 bits per heavy atom. The van der Waals surface area contributed by atoms with Crippen LogP contribution in [0.25, 0.3) is 5.70 Å². The van der Waals surface area contributed by atoms with Crippen LogP contribution in [0.1, 0.15) is 63.0 Å². The molecule has 0 unspecified atom stereocenters. The van der Waals surface area contributed by atoms with Gasteiger partial charge in [-0.25, -0.2) is 0 Å². The van der Waals surface area contributed by atoms with Gasteiger partial charge in [0.05, 0.1) is 33.6 Å². The summed E-state index contributed by atoms with van der Waals surface area (Å²) >= 11 is 0. The maximum atomic E-state index is 12.6. The second-order valence-corrected chi connectivity index (χ2v) is 6.92. The molecular formula is C21H29NO4. The van der Waals surface area contributed by atoms with E-state index in [9.17, 15) is 4.79 Å². The van der Waals surface area contributed by atoms with E-state index in [0.29, 0.717) is 30.2 Å². The van der Waals surface area contributed by atoms with E-state index >= 15 is 0 Å². The van der Waals surface area contributed by atoms with Gasteiger partial charge in [-0.05, 0) is 36.5 Å². The molecule has 5 nitrogen and oxygen atoms in total. The molecule has 0 saturated heterocycles. The Morgan fingerprint density at radius 1 is 1.00 bits per heavy atom.